The summed E-state index contributed by atoms with van der Waals surface area (Å²) < 4.78 is 55.2. The summed E-state index contributed by atoms with van der Waals surface area (Å²) in [5, 5.41) is 0. The molecular formula is C64H96O12. The monoisotopic (exact) mass is 1060 g/mol. The van der Waals surface area contributed by atoms with Gasteiger partial charge in [0, 0.05) is 23.3 Å². The zero-order chi connectivity index (χ0) is 55.1. The Morgan fingerprint density at radius 3 is 1.04 bits per heavy atom. The molecule has 3 aromatic carbocycles. The smallest absolute Gasteiger partial charge is 0.336 e. The van der Waals surface area contributed by atoms with Gasteiger partial charge in [-0.05, 0) is 126 Å². The van der Waals surface area contributed by atoms with Gasteiger partial charge < -0.3 is 42.6 Å². The van der Waals surface area contributed by atoms with E-state index in [2.05, 4.69) is 34.6 Å². The first-order chi connectivity index (χ1) is 37.0. The summed E-state index contributed by atoms with van der Waals surface area (Å²) in [5.74, 6) is 2.48. The molecule has 0 amide bonds. The van der Waals surface area contributed by atoms with Crippen molar-refractivity contribution >= 4 is 30.1 Å². The molecule has 12 nitrogen and oxygen atoms in total. The van der Waals surface area contributed by atoms with Gasteiger partial charge in [-0.25, -0.2) is 9.59 Å². The van der Waals surface area contributed by atoms with Crippen molar-refractivity contribution in [3.05, 3.63) is 71.8 Å². The summed E-state index contributed by atoms with van der Waals surface area (Å²) >= 11 is 0. The summed E-state index contributed by atoms with van der Waals surface area (Å²) in [5.41, 5.74) is 0.818. The van der Waals surface area contributed by atoms with Crippen molar-refractivity contribution < 1.29 is 57.0 Å². The van der Waals surface area contributed by atoms with Crippen LogP contribution >= 0.6 is 0 Å². The van der Waals surface area contributed by atoms with Crippen LogP contribution in [0.5, 0.6) is 46.0 Å². The number of esters is 3. The highest BCUT2D eigenvalue weighted by Gasteiger charge is 2.27. The van der Waals surface area contributed by atoms with Crippen LogP contribution in [0, 0.1) is 5.41 Å². The molecule has 0 radical (unpaired) electrons. The molecule has 424 valence electrons. The number of unbranched alkanes of at least 4 members (excludes halogenated alkanes) is 16. The standard InChI is InChI=1S/C64H96O12/c1-9-15-20-25-44-68-55-40-32-51(59(70-46-26-21-16-10-2)61(55)72-48-28-23-18-12-4)34-42-57(65)75-53-36-38-54(39-37-53)76-58(66)43-35-52-33-41-56(69-45-30-31-50-74-63(67)64(7,8)14-6)62(73-49-29-24-19-13-5)60(52)71-47-27-22-17-11-3/h32-43H,9-31,44-50H2,1-8H3/b42-34+,43-35+. The first-order valence-electron chi connectivity index (χ1n) is 29.2. The third-order valence-corrected chi connectivity index (χ3v) is 13.0. The second kappa shape index (κ2) is 39.7. The predicted octanol–water partition coefficient (Wildman–Crippen LogP) is 16.9. The molecule has 0 saturated carbocycles. The molecule has 0 fully saturated rings. The van der Waals surface area contributed by atoms with E-state index in [1.165, 1.54) is 12.2 Å². The maximum atomic E-state index is 13.3. The average Bonchev–Trinajstić information content (AvgIpc) is 3.42. The Kier molecular flexibility index (Phi) is 33.8. The predicted molar refractivity (Wildman–Crippen MR) is 307 cm³/mol. The van der Waals surface area contributed by atoms with Crippen LogP contribution in [0.3, 0.4) is 0 Å². The van der Waals surface area contributed by atoms with E-state index in [9.17, 15) is 14.4 Å². The van der Waals surface area contributed by atoms with Crippen molar-refractivity contribution in [3.8, 4) is 46.0 Å². The van der Waals surface area contributed by atoms with Crippen molar-refractivity contribution in [2.24, 2.45) is 5.41 Å². The summed E-state index contributed by atoms with van der Waals surface area (Å²) in [4.78, 5) is 39.0. The van der Waals surface area contributed by atoms with Gasteiger partial charge in [0.25, 0.3) is 0 Å². The highest BCUT2D eigenvalue weighted by molar-refractivity contribution is 5.90. The maximum absolute atomic E-state index is 13.3. The zero-order valence-corrected chi connectivity index (χ0v) is 48.0. The molecule has 0 spiro atoms. The lowest BCUT2D eigenvalue weighted by atomic mass is 9.91. The van der Waals surface area contributed by atoms with Gasteiger partial charge in [-0.15, -0.1) is 0 Å². The van der Waals surface area contributed by atoms with Gasteiger partial charge in [-0.2, -0.15) is 0 Å². The van der Waals surface area contributed by atoms with E-state index in [1.807, 2.05) is 45.0 Å². The van der Waals surface area contributed by atoms with Crippen molar-refractivity contribution in [3.63, 3.8) is 0 Å². The largest absolute Gasteiger partial charge is 0.490 e. The van der Waals surface area contributed by atoms with Gasteiger partial charge in [-0.1, -0.05) is 138 Å². The molecule has 0 aliphatic carbocycles. The number of rotatable bonds is 44. The van der Waals surface area contributed by atoms with Gasteiger partial charge in [0.2, 0.25) is 11.5 Å². The molecule has 0 bridgehead atoms. The van der Waals surface area contributed by atoms with Gasteiger partial charge in [0.15, 0.2) is 23.0 Å². The van der Waals surface area contributed by atoms with E-state index in [4.69, 9.17) is 42.6 Å². The second-order valence-electron chi connectivity index (χ2n) is 20.1. The highest BCUT2D eigenvalue weighted by Crippen LogP contribution is 2.43. The van der Waals surface area contributed by atoms with Crippen LogP contribution < -0.4 is 37.9 Å². The first-order valence-corrected chi connectivity index (χ1v) is 29.2. The number of carbonyl (C=O) groups excluding carboxylic acids is 3. The van der Waals surface area contributed by atoms with Crippen molar-refractivity contribution in [2.45, 2.75) is 203 Å². The van der Waals surface area contributed by atoms with Crippen molar-refractivity contribution in [1.29, 1.82) is 0 Å². The Balaban J connectivity index is 1.77. The van der Waals surface area contributed by atoms with Crippen LogP contribution in [0.25, 0.3) is 12.2 Å². The molecular weight excluding hydrogens is 961 g/mol. The third-order valence-electron chi connectivity index (χ3n) is 13.0. The van der Waals surface area contributed by atoms with E-state index in [0.29, 0.717) is 111 Å². The molecule has 0 N–H and O–H groups in total. The topological polar surface area (TPSA) is 134 Å². The highest BCUT2D eigenvalue weighted by atomic mass is 16.6. The van der Waals surface area contributed by atoms with Crippen LogP contribution in [0.2, 0.25) is 0 Å². The van der Waals surface area contributed by atoms with E-state index >= 15 is 0 Å². The minimum atomic E-state index is -0.604. The van der Waals surface area contributed by atoms with Crippen LogP contribution in [0.15, 0.2) is 60.7 Å². The average molecular weight is 1060 g/mol. The normalized spacial score (nSPS) is 11.5. The van der Waals surface area contributed by atoms with E-state index < -0.39 is 17.4 Å². The molecule has 0 aromatic heterocycles. The number of ether oxygens (including phenoxy) is 9. The second-order valence-corrected chi connectivity index (χ2v) is 20.1. The number of hydrogen-bond acceptors (Lipinski definition) is 12. The van der Waals surface area contributed by atoms with Crippen LogP contribution in [-0.4, -0.2) is 64.2 Å². The number of hydrogen-bond donors (Lipinski definition) is 0. The summed E-state index contributed by atoms with van der Waals surface area (Å²) in [6, 6.07) is 13.8. The van der Waals surface area contributed by atoms with Crippen LogP contribution in [-0.2, 0) is 19.1 Å². The zero-order valence-electron chi connectivity index (χ0n) is 48.0. The SMILES string of the molecule is CCCCCCOc1ccc(/C=C/C(=O)Oc2ccc(OC(=O)/C=C/c3ccc(OCCCCOC(=O)C(C)(C)CC)c(OCCCCCC)c3OCCCCCC)cc2)c(OCCCCCC)c1OCCCCCC. The fourth-order valence-corrected chi connectivity index (χ4v) is 7.79. The summed E-state index contributed by atoms with van der Waals surface area (Å²) in [6.45, 7) is 20.0. The van der Waals surface area contributed by atoms with E-state index in [0.717, 1.165) is 128 Å². The molecule has 3 aromatic rings. The van der Waals surface area contributed by atoms with Gasteiger partial charge in [0.1, 0.15) is 11.5 Å². The molecule has 0 aliphatic heterocycles. The Morgan fingerprint density at radius 1 is 0.382 bits per heavy atom. The summed E-state index contributed by atoms with van der Waals surface area (Å²) in [7, 11) is 0. The first kappa shape index (κ1) is 64.6. The lowest BCUT2D eigenvalue weighted by Gasteiger charge is -2.20. The Bertz CT molecular complexity index is 2120. The quantitative estimate of drug-likeness (QED) is 0.0231. The van der Waals surface area contributed by atoms with Gasteiger partial charge >= 0.3 is 17.9 Å². The molecule has 0 atom stereocenters. The fourth-order valence-electron chi connectivity index (χ4n) is 7.79. The van der Waals surface area contributed by atoms with Crippen LogP contribution in [0.4, 0.5) is 0 Å². The fraction of sp³-hybridized carbons (Fsp3) is 0.609. The lowest BCUT2D eigenvalue weighted by Crippen LogP contribution is -2.26. The van der Waals surface area contributed by atoms with E-state index in [1.54, 1.807) is 36.4 Å². The molecule has 0 unspecified atom stereocenters. The molecule has 3 rings (SSSR count). The molecule has 12 heteroatoms. The Labute approximate surface area is 457 Å². The third kappa shape index (κ3) is 25.9. The Morgan fingerprint density at radius 2 is 0.697 bits per heavy atom. The van der Waals surface area contributed by atoms with Crippen molar-refractivity contribution in [2.75, 3.05) is 46.2 Å². The van der Waals surface area contributed by atoms with Gasteiger partial charge in [0.05, 0.1) is 51.7 Å². The number of benzene rings is 3. The van der Waals surface area contributed by atoms with E-state index in [-0.39, 0.29) is 17.5 Å². The maximum Gasteiger partial charge on any atom is 0.336 e. The van der Waals surface area contributed by atoms with Crippen LogP contribution in [0.1, 0.15) is 214 Å². The van der Waals surface area contributed by atoms with Gasteiger partial charge in [-0.3, -0.25) is 4.79 Å². The number of carbonyl (C=O) groups is 3. The summed E-state index contributed by atoms with van der Waals surface area (Å²) in [6.07, 6.45) is 29.2. The van der Waals surface area contributed by atoms with Crippen molar-refractivity contribution in [1.82, 2.24) is 0 Å². The Hall–Kier alpha value is -5.65. The molecule has 76 heavy (non-hydrogen) atoms. The lowest BCUT2D eigenvalue weighted by molar-refractivity contribution is -0.154. The molecule has 0 heterocycles. The molecule has 0 aliphatic rings. The minimum absolute atomic E-state index is 0.192. The molecule has 0 saturated heterocycles. The minimum Gasteiger partial charge on any atom is -0.490 e.